The normalized spacial score (nSPS) is 12.9. The van der Waals surface area contributed by atoms with Gasteiger partial charge in [0.1, 0.15) is 0 Å². The van der Waals surface area contributed by atoms with Crippen LogP contribution in [0.2, 0.25) is 0 Å². The molecular weight excluding hydrogens is 232 g/mol. The van der Waals surface area contributed by atoms with Crippen LogP contribution in [0, 0.1) is 0 Å². The Morgan fingerprint density at radius 3 is 3.00 bits per heavy atom. The molecule has 2 heterocycles. The summed E-state index contributed by atoms with van der Waals surface area (Å²) in [5.74, 6) is -0.440. The van der Waals surface area contributed by atoms with Gasteiger partial charge in [-0.2, -0.15) is 5.10 Å². The van der Waals surface area contributed by atoms with Crippen LogP contribution in [-0.4, -0.2) is 22.2 Å². The van der Waals surface area contributed by atoms with Gasteiger partial charge in [-0.1, -0.05) is 6.07 Å². The SMILES string of the molecule is CNC(c1ccc2[nH]c(=O)oc2c1)c1ccn[nH]1. The quantitative estimate of drug-likeness (QED) is 0.645. The highest BCUT2D eigenvalue weighted by atomic mass is 16.4. The topological polar surface area (TPSA) is 86.7 Å². The molecule has 0 fully saturated rings. The van der Waals surface area contributed by atoms with Crippen LogP contribution < -0.4 is 11.1 Å². The van der Waals surface area contributed by atoms with Crippen LogP contribution in [0.25, 0.3) is 11.1 Å². The third-order valence-corrected chi connectivity index (χ3v) is 2.90. The smallest absolute Gasteiger partial charge is 0.408 e. The lowest BCUT2D eigenvalue weighted by atomic mass is 10.0. The summed E-state index contributed by atoms with van der Waals surface area (Å²) < 4.78 is 5.06. The van der Waals surface area contributed by atoms with E-state index in [1.807, 2.05) is 31.3 Å². The maximum absolute atomic E-state index is 11.1. The van der Waals surface area contributed by atoms with Gasteiger partial charge in [-0.05, 0) is 30.8 Å². The Kier molecular flexibility index (Phi) is 2.49. The van der Waals surface area contributed by atoms with Gasteiger partial charge in [-0.3, -0.25) is 10.1 Å². The van der Waals surface area contributed by atoms with Crippen molar-refractivity contribution in [2.24, 2.45) is 0 Å². The van der Waals surface area contributed by atoms with Crippen molar-refractivity contribution < 1.29 is 4.42 Å². The zero-order valence-electron chi connectivity index (χ0n) is 9.73. The average molecular weight is 244 g/mol. The van der Waals surface area contributed by atoms with Crippen LogP contribution in [-0.2, 0) is 0 Å². The molecule has 0 aliphatic rings. The van der Waals surface area contributed by atoms with Crippen LogP contribution >= 0.6 is 0 Å². The maximum atomic E-state index is 11.1. The van der Waals surface area contributed by atoms with Gasteiger partial charge < -0.3 is 9.73 Å². The standard InChI is InChI=1S/C12H12N4O2/c1-13-11(9-4-5-14-16-9)7-2-3-8-10(6-7)18-12(17)15-8/h2-6,11,13H,1H3,(H,14,16)(H,15,17). The van der Waals surface area contributed by atoms with E-state index in [0.717, 1.165) is 11.3 Å². The molecule has 92 valence electrons. The van der Waals surface area contributed by atoms with Crippen LogP contribution in [0.3, 0.4) is 0 Å². The molecule has 6 heteroatoms. The van der Waals surface area contributed by atoms with Crippen LogP contribution in [0.4, 0.5) is 0 Å². The van der Waals surface area contributed by atoms with Gasteiger partial charge in [0.25, 0.3) is 0 Å². The zero-order valence-corrected chi connectivity index (χ0v) is 9.73. The number of oxazole rings is 1. The molecule has 18 heavy (non-hydrogen) atoms. The molecule has 1 unspecified atom stereocenters. The molecule has 1 atom stereocenters. The second kappa shape index (κ2) is 4.15. The van der Waals surface area contributed by atoms with E-state index in [2.05, 4.69) is 20.5 Å². The molecule has 0 aliphatic heterocycles. The molecule has 0 saturated heterocycles. The summed E-state index contributed by atoms with van der Waals surface area (Å²) >= 11 is 0. The minimum atomic E-state index is -0.440. The van der Waals surface area contributed by atoms with E-state index in [9.17, 15) is 4.79 Å². The lowest BCUT2D eigenvalue weighted by Crippen LogP contribution is -2.17. The fraction of sp³-hybridized carbons (Fsp3) is 0.167. The summed E-state index contributed by atoms with van der Waals surface area (Å²) in [5, 5.41) is 10.1. The number of aromatic nitrogens is 3. The van der Waals surface area contributed by atoms with Crippen LogP contribution in [0.15, 0.2) is 39.7 Å². The van der Waals surface area contributed by atoms with Crippen molar-refractivity contribution in [1.29, 1.82) is 0 Å². The van der Waals surface area contributed by atoms with Gasteiger partial charge in [0.05, 0.1) is 17.3 Å². The molecule has 0 amide bonds. The van der Waals surface area contributed by atoms with Crippen molar-refractivity contribution in [3.8, 4) is 0 Å². The first-order valence-electron chi connectivity index (χ1n) is 5.57. The van der Waals surface area contributed by atoms with E-state index in [1.165, 1.54) is 0 Å². The molecule has 0 radical (unpaired) electrons. The van der Waals surface area contributed by atoms with Crippen LogP contribution in [0.5, 0.6) is 0 Å². The van der Waals surface area contributed by atoms with E-state index in [1.54, 1.807) is 6.20 Å². The maximum Gasteiger partial charge on any atom is 0.417 e. The monoisotopic (exact) mass is 244 g/mol. The van der Waals surface area contributed by atoms with Crippen molar-refractivity contribution in [3.63, 3.8) is 0 Å². The van der Waals surface area contributed by atoms with Gasteiger partial charge in [0.2, 0.25) is 0 Å². The molecule has 0 spiro atoms. The Bertz CT molecular complexity index is 711. The van der Waals surface area contributed by atoms with Gasteiger partial charge in [-0.25, -0.2) is 4.79 Å². The number of nitrogens with zero attached hydrogens (tertiary/aromatic N) is 1. The summed E-state index contributed by atoms with van der Waals surface area (Å²) in [6.07, 6.45) is 1.70. The largest absolute Gasteiger partial charge is 0.417 e. The fourth-order valence-electron chi connectivity index (χ4n) is 2.07. The van der Waals surface area contributed by atoms with Gasteiger partial charge in [0.15, 0.2) is 5.58 Å². The molecule has 2 aromatic heterocycles. The molecule has 3 rings (SSSR count). The Morgan fingerprint density at radius 2 is 2.28 bits per heavy atom. The van der Waals surface area contributed by atoms with Gasteiger partial charge >= 0.3 is 5.76 Å². The molecule has 0 bridgehead atoms. The number of hydrogen-bond donors (Lipinski definition) is 3. The third kappa shape index (κ3) is 1.72. The first-order chi connectivity index (χ1) is 8.78. The first-order valence-corrected chi connectivity index (χ1v) is 5.57. The molecular formula is C12H12N4O2. The number of fused-ring (bicyclic) bond motifs is 1. The van der Waals surface area contributed by atoms with E-state index < -0.39 is 5.76 Å². The Morgan fingerprint density at radius 1 is 1.39 bits per heavy atom. The average Bonchev–Trinajstić information content (AvgIpc) is 2.97. The number of aromatic amines is 2. The first kappa shape index (κ1) is 10.8. The highest BCUT2D eigenvalue weighted by Crippen LogP contribution is 2.22. The lowest BCUT2D eigenvalue weighted by Gasteiger charge is -2.14. The zero-order chi connectivity index (χ0) is 12.5. The Balaban J connectivity index is 2.09. The van der Waals surface area contributed by atoms with Crippen molar-refractivity contribution >= 4 is 11.1 Å². The summed E-state index contributed by atoms with van der Waals surface area (Å²) in [7, 11) is 1.86. The lowest BCUT2D eigenvalue weighted by molar-refractivity contribution is 0.554. The number of benzene rings is 1. The third-order valence-electron chi connectivity index (χ3n) is 2.90. The van der Waals surface area contributed by atoms with Crippen molar-refractivity contribution in [3.05, 3.63) is 52.3 Å². The van der Waals surface area contributed by atoms with E-state index in [0.29, 0.717) is 11.1 Å². The minimum absolute atomic E-state index is 0.0166. The summed E-state index contributed by atoms with van der Waals surface area (Å²) in [6.45, 7) is 0. The molecule has 1 aromatic carbocycles. The minimum Gasteiger partial charge on any atom is -0.408 e. The number of rotatable bonds is 3. The van der Waals surface area contributed by atoms with E-state index in [4.69, 9.17) is 4.42 Å². The van der Waals surface area contributed by atoms with Crippen LogP contribution in [0.1, 0.15) is 17.3 Å². The Labute approximate surface area is 102 Å². The predicted molar refractivity (Wildman–Crippen MR) is 66.3 cm³/mol. The van der Waals surface area contributed by atoms with E-state index >= 15 is 0 Å². The highest BCUT2D eigenvalue weighted by molar-refractivity contribution is 5.73. The Hall–Kier alpha value is -2.34. The fourth-order valence-corrected chi connectivity index (χ4v) is 2.07. The van der Waals surface area contributed by atoms with Gasteiger partial charge in [-0.15, -0.1) is 0 Å². The summed E-state index contributed by atoms with van der Waals surface area (Å²) in [5.41, 5.74) is 3.20. The molecule has 6 nitrogen and oxygen atoms in total. The molecule has 3 N–H and O–H groups in total. The summed E-state index contributed by atoms with van der Waals surface area (Å²) in [6, 6.07) is 7.50. The van der Waals surface area contributed by atoms with Gasteiger partial charge in [0, 0.05) is 6.20 Å². The summed E-state index contributed by atoms with van der Waals surface area (Å²) in [4.78, 5) is 13.7. The number of hydrogen-bond acceptors (Lipinski definition) is 4. The van der Waals surface area contributed by atoms with E-state index in [-0.39, 0.29) is 6.04 Å². The molecule has 3 aromatic rings. The molecule has 0 aliphatic carbocycles. The number of nitrogens with one attached hydrogen (secondary N) is 3. The van der Waals surface area contributed by atoms with Crippen molar-refractivity contribution in [2.45, 2.75) is 6.04 Å². The second-order valence-corrected chi connectivity index (χ2v) is 4.00. The van der Waals surface area contributed by atoms with Crippen molar-refractivity contribution in [2.75, 3.05) is 7.05 Å². The highest BCUT2D eigenvalue weighted by Gasteiger charge is 2.14. The molecule has 0 saturated carbocycles. The number of H-pyrrole nitrogens is 2. The second-order valence-electron chi connectivity index (χ2n) is 4.00. The predicted octanol–water partition coefficient (Wildman–Crippen LogP) is 1.15. The van der Waals surface area contributed by atoms with Crippen molar-refractivity contribution in [1.82, 2.24) is 20.5 Å².